The first-order valence-electron chi connectivity index (χ1n) is 8.18. The summed E-state index contributed by atoms with van der Waals surface area (Å²) in [5.41, 5.74) is 0.430. The van der Waals surface area contributed by atoms with Crippen molar-refractivity contribution in [2.24, 2.45) is 5.41 Å². The fourth-order valence-corrected chi connectivity index (χ4v) is 2.38. The summed E-state index contributed by atoms with van der Waals surface area (Å²) in [7, 11) is 0. The van der Waals surface area contributed by atoms with Gasteiger partial charge in [0.05, 0.1) is 6.61 Å². The van der Waals surface area contributed by atoms with E-state index < -0.39 is 6.17 Å². The highest BCUT2D eigenvalue weighted by atomic mass is 19.1. The van der Waals surface area contributed by atoms with Crippen LogP contribution in [0.2, 0.25) is 0 Å². The van der Waals surface area contributed by atoms with Crippen LogP contribution < -0.4 is 0 Å². The van der Waals surface area contributed by atoms with Gasteiger partial charge in [0.25, 0.3) is 0 Å². The predicted molar refractivity (Wildman–Crippen MR) is 81.4 cm³/mol. The zero-order chi connectivity index (χ0) is 14.7. The Kier molecular flexibility index (Phi) is 10.5. The second-order valence-corrected chi connectivity index (χ2v) is 5.09. The summed E-state index contributed by atoms with van der Waals surface area (Å²) in [4.78, 5) is 2.42. The van der Waals surface area contributed by atoms with Crippen LogP contribution >= 0.6 is 0 Å². The van der Waals surface area contributed by atoms with Gasteiger partial charge in [0.2, 0.25) is 0 Å². The van der Waals surface area contributed by atoms with Crippen LogP contribution in [0.3, 0.4) is 0 Å². The maximum atomic E-state index is 13.0. The van der Waals surface area contributed by atoms with E-state index in [1.165, 1.54) is 12.8 Å². The van der Waals surface area contributed by atoms with Gasteiger partial charge >= 0.3 is 0 Å². The molecule has 1 heterocycles. The average molecular weight is 275 g/mol. The first-order chi connectivity index (χ1) is 9.24. The lowest BCUT2D eigenvalue weighted by molar-refractivity contribution is 0.0641. The average Bonchev–Trinajstić information content (AvgIpc) is 3.24. The maximum Gasteiger partial charge on any atom is 0.103 e. The lowest BCUT2D eigenvalue weighted by atomic mass is 10.0. The number of likely N-dealkylation sites (tertiary alicyclic amines) is 1. The zero-order valence-corrected chi connectivity index (χ0v) is 13.7. The third kappa shape index (κ3) is 7.26. The molecule has 0 radical (unpaired) electrons. The fraction of sp³-hybridized carbons (Fsp3) is 1.00. The summed E-state index contributed by atoms with van der Waals surface area (Å²) in [6, 6.07) is 0. The normalized spacial score (nSPS) is 21.8. The van der Waals surface area contributed by atoms with E-state index in [1.807, 2.05) is 34.6 Å². The van der Waals surface area contributed by atoms with Crippen LogP contribution in [0.25, 0.3) is 0 Å². The van der Waals surface area contributed by atoms with Crippen molar-refractivity contribution in [2.75, 3.05) is 32.8 Å². The quantitative estimate of drug-likeness (QED) is 0.742. The lowest BCUT2D eigenvalue weighted by Gasteiger charge is -2.31. The van der Waals surface area contributed by atoms with E-state index >= 15 is 0 Å². The molecule has 2 fully saturated rings. The number of alkyl halides is 1. The third-order valence-corrected chi connectivity index (χ3v) is 3.65. The minimum atomic E-state index is -0.553. The first kappa shape index (κ1) is 18.9. The molecule has 116 valence electrons. The largest absolute Gasteiger partial charge is 0.381 e. The molecule has 0 N–H and O–H groups in total. The standard InChI is InChI=1S/C12H22FNO.2C2H6/c1-2-15-10-12(5-6-12)9-14-7-3-11(13)4-8-14;2*1-2/h11H,2-10H2,1H3;2*1-2H3. The summed E-state index contributed by atoms with van der Waals surface area (Å²) < 4.78 is 18.5. The van der Waals surface area contributed by atoms with Crippen LogP contribution in [0.1, 0.15) is 60.3 Å². The van der Waals surface area contributed by atoms with E-state index in [-0.39, 0.29) is 0 Å². The summed E-state index contributed by atoms with van der Waals surface area (Å²) in [6.45, 7) is 14.8. The van der Waals surface area contributed by atoms with Gasteiger partial charge in [0, 0.05) is 31.7 Å². The molecule has 1 aliphatic carbocycles. The Morgan fingerprint density at radius 1 is 1.11 bits per heavy atom. The number of halogens is 1. The van der Waals surface area contributed by atoms with E-state index in [2.05, 4.69) is 4.90 Å². The Labute approximate surface area is 119 Å². The minimum absolute atomic E-state index is 0.430. The van der Waals surface area contributed by atoms with E-state index in [4.69, 9.17) is 4.74 Å². The summed E-state index contributed by atoms with van der Waals surface area (Å²) >= 11 is 0. The van der Waals surface area contributed by atoms with E-state index in [9.17, 15) is 4.39 Å². The van der Waals surface area contributed by atoms with Crippen molar-refractivity contribution in [3.8, 4) is 0 Å². The van der Waals surface area contributed by atoms with Gasteiger partial charge in [-0.25, -0.2) is 4.39 Å². The molecule has 1 saturated carbocycles. The van der Waals surface area contributed by atoms with Crippen LogP contribution in [0.15, 0.2) is 0 Å². The third-order valence-electron chi connectivity index (χ3n) is 3.65. The molecule has 0 amide bonds. The molecule has 0 atom stereocenters. The summed E-state index contributed by atoms with van der Waals surface area (Å²) in [6.07, 6.45) is 3.49. The predicted octanol–water partition coefficient (Wildman–Crippen LogP) is 4.29. The van der Waals surface area contributed by atoms with Crippen molar-refractivity contribution in [1.29, 1.82) is 0 Å². The van der Waals surface area contributed by atoms with Gasteiger partial charge in [-0.2, -0.15) is 0 Å². The second kappa shape index (κ2) is 10.6. The molecule has 0 aromatic rings. The first-order valence-corrected chi connectivity index (χ1v) is 8.18. The molecular weight excluding hydrogens is 241 g/mol. The molecule has 0 bridgehead atoms. The molecule has 0 unspecified atom stereocenters. The van der Waals surface area contributed by atoms with Crippen LogP contribution in [-0.4, -0.2) is 43.9 Å². The number of rotatable bonds is 5. The molecular formula is C16H34FNO. The molecule has 0 aromatic carbocycles. The molecule has 0 aromatic heterocycles. The molecule has 0 spiro atoms. The number of hydrogen-bond donors (Lipinski definition) is 0. The van der Waals surface area contributed by atoms with Crippen LogP contribution in [0.5, 0.6) is 0 Å². The Morgan fingerprint density at radius 3 is 2.05 bits per heavy atom. The fourth-order valence-electron chi connectivity index (χ4n) is 2.38. The van der Waals surface area contributed by atoms with Crippen molar-refractivity contribution in [3.05, 3.63) is 0 Å². The smallest absolute Gasteiger partial charge is 0.103 e. The molecule has 1 saturated heterocycles. The Hall–Kier alpha value is -0.150. The molecule has 1 aliphatic heterocycles. The maximum absolute atomic E-state index is 13.0. The highest BCUT2D eigenvalue weighted by molar-refractivity contribution is 4.96. The van der Waals surface area contributed by atoms with Crippen molar-refractivity contribution < 1.29 is 9.13 Å². The SMILES string of the molecule is CC.CC.CCOCC1(CN2CCC(F)CC2)CC1. The van der Waals surface area contributed by atoms with E-state index in [0.717, 1.165) is 45.7 Å². The Morgan fingerprint density at radius 2 is 1.63 bits per heavy atom. The van der Waals surface area contributed by atoms with E-state index in [1.54, 1.807) is 0 Å². The van der Waals surface area contributed by atoms with Gasteiger partial charge in [-0.15, -0.1) is 0 Å². The van der Waals surface area contributed by atoms with Gasteiger partial charge in [0.15, 0.2) is 0 Å². The van der Waals surface area contributed by atoms with Gasteiger partial charge in [-0.1, -0.05) is 27.7 Å². The number of ether oxygens (including phenoxy) is 1. The Balaban J connectivity index is 0.000000741. The van der Waals surface area contributed by atoms with Crippen LogP contribution in [-0.2, 0) is 4.74 Å². The van der Waals surface area contributed by atoms with Crippen molar-refractivity contribution >= 4 is 0 Å². The molecule has 2 nitrogen and oxygen atoms in total. The number of piperidine rings is 1. The highest BCUT2D eigenvalue weighted by Gasteiger charge is 2.44. The second-order valence-electron chi connectivity index (χ2n) is 5.09. The minimum Gasteiger partial charge on any atom is -0.381 e. The number of nitrogens with zero attached hydrogens (tertiary/aromatic N) is 1. The summed E-state index contributed by atoms with van der Waals surface area (Å²) in [5, 5.41) is 0. The van der Waals surface area contributed by atoms with Gasteiger partial charge < -0.3 is 9.64 Å². The number of hydrogen-bond acceptors (Lipinski definition) is 2. The topological polar surface area (TPSA) is 12.5 Å². The highest BCUT2D eigenvalue weighted by Crippen LogP contribution is 2.46. The van der Waals surface area contributed by atoms with Crippen LogP contribution in [0.4, 0.5) is 4.39 Å². The van der Waals surface area contributed by atoms with Gasteiger partial charge in [-0.05, 0) is 32.6 Å². The van der Waals surface area contributed by atoms with Crippen molar-refractivity contribution in [3.63, 3.8) is 0 Å². The lowest BCUT2D eigenvalue weighted by Crippen LogP contribution is -2.39. The molecule has 3 heteroatoms. The summed E-state index contributed by atoms with van der Waals surface area (Å²) in [5.74, 6) is 0. The monoisotopic (exact) mass is 275 g/mol. The van der Waals surface area contributed by atoms with E-state index in [0.29, 0.717) is 5.41 Å². The Bertz CT molecular complexity index is 199. The van der Waals surface area contributed by atoms with Crippen molar-refractivity contribution in [2.45, 2.75) is 66.5 Å². The molecule has 19 heavy (non-hydrogen) atoms. The van der Waals surface area contributed by atoms with Crippen LogP contribution in [0, 0.1) is 5.41 Å². The van der Waals surface area contributed by atoms with Gasteiger partial charge in [-0.3, -0.25) is 0 Å². The molecule has 2 rings (SSSR count). The van der Waals surface area contributed by atoms with Gasteiger partial charge in [0.1, 0.15) is 6.17 Å². The van der Waals surface area contributed by atoms with Crippen molar-refractivity contribution in [1.82, 2.24) is 4.90 Å². The zero-order valence-electron chi connectivity index (χ0n) is 13.7. The molecule has 2 aliphatic rings.